The molecule has 0 aromatic rings. The number of hydrogen-bond acceptors (Lipinski definition) is 1. The van der Waals surface area contributed by atoms with E-state index in [9.17, 15) is 0 Å². The molecule has 0 atom stereocenters. The molecule has 22 valence electrons. The molecule has 0 unspecified atom stereocenters. The minimum atomic E-state index is 0. The molecular weight excluding hydrogens is 75.0 g/mol. The summed E-state index contributed by atoms with van der Waals surface area (Å²) in [5, 5.41) is 8.94. The third-order valence-electron chi connectivity index (χ3n) is 0.102. The molecule has 0 saturated heterocycles. The first kappa shape index (κ1) is 9.03. The first-order valence-corrected chi connectivity index (χ1v) is 0.954. The van der Waals surface area contributed by atoms with E-state index < -0.39 is 0 Å². The van der Waals surface area contributed by atoms with Crippen molar-refractivity contribution < 1.29 is 34.7 Å². The molecule has 0 rings (SSSR count). The van der Waals surface area contributed by atoms with Crippen LogP contribution in [0.4, 0.5) is 0 Å². The van der Waals surface area contributed by atoms with E-state index >= 15 is 0 Å². The minimum Gasteiger partial charge on any atom is -0.833 e. The fourth-order valence-electron chi connectivity index (χ4n) is 0. The Morgan fingerprint density at radius 2 is 1.80 bits per heavy atom. The number of rotatable bonds is 0. The summed E-state index contributed by atoms with van der Waals surface area (Å²) >= 11 is 0. The van der Waals surface area contributed by atoms with Crippen molar-refractivity contribution in [1.29, 1.82) is 0 Å². The summed E-state index contributed by atoms with van der Waals surface area (Å²) in [6, 6.07) is 0. The van der Waals surface area contributed by atoms with Crippen molar-refractivity contribution in [1.82, 2.24) is 0 Å². The average Bonchev–Trinajstić information content (AvgIpc) is 1.37. The van der Waals surface area contributed by atoms with Crippen LogP contribution in [0.1, 0.15) is 6.92 Å². The third-order valence-corrected chi connectivity index (χ3v) is 0.102. The Hall–Kier alpha value is 0.360. The second-order valence-corrected chi connectivity index (χ2v) is 0.352. The topological polar surface area (TPSA) is 23.1 Å². The van der Waals surface area contributed by atoms with E-state index in [4.69, 9.17) is 5.11 Å². The van der Waals surface area contributed by atoms with Crippen LogP contribution in [0.15, 0.2) is 0 Å². The van der Waals surface area contributed by atoms with Crippen LogP contribution in [-0.4, -0.2) is 0 Å². The van der Waals surface area contributed by atoms with Gasteiger partial charge in [0.15, 0.2) is 0 Å². The van der Waals surface area contributed by atoms with Gasteiger partial charge in [0, 0.05) is 0 Å². The van der Waals surface area contributed by atoms with Crippen molar-refractivity contribution in [3.63, 3.8) is 0 Å². The van der Waals surface area contributed by atoms with Crippen LogP contribution in [0, 0.1) is 12.0 Å². The van der Waals surface area contributed by atoms with Crippen LogP contribution in [0.5, 0.6) is 0 Å². The van der Waals surface area contributed by atoms with E-state index in [1.165, 1.54) is 13.0 Å². The molecule has 1 nitrogen and oxygen atoms in total. The van der Waals surface area contributed by atoms with Crippen molar-refractivity contribution in [3.05, 3.63) is 0 Å². The molecule has 0 aliphatic heterocycles. The summed E-state index contributed by atoms with van der Waals surface area (Å²) in [5.74, 6) is 2.12. The molecule has 0 bridgehead atoms. The van der Waals surface area contributed by atoms with Gasteiger partial charge >= 0.3 is 29.6 Å². The van der Waals surface area contributed by atoms with Crippen LogP contribution >= 0.6 is 0 Å². The van der Waals surface area contributed by atoms with Crippen LogP contribution < -0.4 is 34.7 Å². The average molecular weight is 78.0 g/mol. The third kappa shape index (κ3) is 13.1. The zero-order valence-electron chi connectivity index (χ0n) is 3.41. The predicted octanol–water partition coefficient (Wildman–Crippen LogP) is -3.67. The first-order chi connectivity index (χ1) is 1.91. The molecule has 0 aliphatic rings. The van der Waals surface area contributed by atoms with Gasteiger partial charge in [0.05, 0.1) is 0 Å². The molecular formula is C3H3NaO. The second-order valence-electron chi connectivity index (χ2n) is 0.352. The van der Waals surface area contributed by atoms with E-state index in [1.807, 2.05) is 0 Å². The van der Waals surface area contributed by atoms with E-state index in [0.717, 1.165) is 0 Å². The summed E-state index contributed by atoms with van der Waals surface area (Å²) < 4.78 is 0. The van der Waals surface area contributed by atoms with E-state index in [0.29, 0.717) is 0 Å². The van der Waals surface area contributed by atoms with Crippen LogP contribution in [0.2, 0.25) is 0 Å². The molecule has 2 heteroatoms. The van der Waals surface area contributed by atoms with Crippen LogP contribution in [0.25, 0.3) is 0 Å². The van der Waals surface area contributed by atoms with Gasteiger partial charge in [-0.2, -0.15) is 6.11 Å². The molecule has 0 aliphatic carbocycles. The fraction of sp³-hybridized carbons (Fsp3) is 0.333. The van der Waals surface area contributed by atoms with Gasteiger partial charge in [-0.25, -0.2) is 0 Å². The van der Waals surface area contributed by atoms with Gasteiger partial charge in [0.2, 0.25) is 0 Å². The first-order valence-electron chi connectivity index (χ1n) is 0.954. The monoisotopic (exact) mass is 78.0 g/mol. The van der Waals surface area contributed by atoms with Crippen LogP contribution in [0.3, 0.4) is 0 Å². The predicted molar refractivity (Wildman–Crippen MR) is 13.5 cm³/mol. The van der Waals surface area contributed by atoms with E-state index in [1.54, 1.807) is 0 Å². The van der Waals surface area contributed by atoms with Crippen molar-refractivity contribution in [2.45, 2.75) is 6.92 Å². The van der Waals surface area contributed by atoms with Gasteiger partial charge in [-0.3, -0.25) is 0 Å². The Kier molecular flexibility index (Phi) is 16.0. The maximum Gasteiger partial charge on any atom is 1.00 e. The second kappa shape index (κ2) is 8.84. The van der Waals surface area contributed by atoms with Gasteiger partial charge in [0.1, 0.15) is 0 Å². The molecule has 0 radical (unpaired) electrons. The van der Waals surface area contributed by atoms with E-state index in [2.05, 4.69) is 5.92 Å². The molecule has 0 amide bonds. The van der Waals surface area contributed by atoms with Gasteiger partial charge in [0.25, 0.3) is 0 Å². The summed E-state index contributed by atoms with van der Waals surface area (Å²) in [4.78, 5) is 0. The SMILES string of the molecule is CC#C[O-].[Na+]. The Balaban J connectivity index is 0. The van der Waals surface area contributed by atoms with Crippen molar-refractivity contribution >= 4 is 0 Å². The molecule has 0 heterocycles. The quantitative estimate of drug-likeness (QED) is 0.216. The molecule has 0 saturated carbocycles. The molecule has 0 fully saturated rings. The molecule has 5 heavy (non-hydrogen) atoms. The summed E-state index contributed by atoms with van der Waals surface area (Å²) in [6.07, 6.45) is 1.43. The normalized spacial score (nSPS) is 2.60. The summed E-state index contributed by atoms with van der Waals surface area (Å²) in [6.45, 7) is 1.51. The number of hydrogen-bond donors (Lipinski definition) is 0. The Labute approximate surface area is 53.7 Å². The fourth-order valence-corrected chi connectivity index (χ4v) is 0. The standard InChI is InChI=1S/C3H4O.Na/c1-2-3-4;/h4H,1H3;/q;+1/p-1. The Bertz CT molecular complexity index is 43.6. The van der Waals surface area contributed by atoms with Crippen molar-refractivity contribution in [2.24, 2.45) is 0 Å². The zero-order chi connectivity index (χ0) is 3.41. The van der Waals surface area contributed by atoms with Crippen molar-refractivity contribution in [2.75, 3.05) is 0 Å². The maximum atomic E-state index is 8.94. The van der Waals surface area contributed by atoms with Crippen molar-refractivity contribution in [3.8, 4) is 12.0 Å². The minimum absolute atomic E-state index is 0. The Morgan fingerprint density at radius 1 is 1.60 bits per heavy atom. The van der Waals surface area contributed by atoms with E-state index in [-0.39, 0.29) is 29.6 Å². The Morgan fingerprint density at radius 3 is 1.80 bits per heavy atom. The molecule has 0 N–H and O–H groups in total. The zero-order valence-corrected chi connectivity index (χ0v) is 5.41. The van der Waals surface area contributed by atoms with Gasteiger partial charge in [-0.1, -0.05) is 0 Å². The molecule has 0 spiro atoms. The maximum absolute atomic E-state index is 8.94. The molecule has 0 aromatic carbocycles. The molecule has 0 aromatic heterocycles. The van der Waals surface area contributed by atoms with Gasteiger partial charge in [-0.15, -0.1) is 5.92 Å². The van der Waals surface area contributed by atoms with Gasteiger partial charge in [-0.05, 0) is 6.92 Å². The largest absolute Gasteiger partial charge is 1.00 e. The smallest absolute Gasteiger partial charge is 0.833 e. The summed E-state index contributed by atoms with van der Waals surface area (Å²) in [7, 11) is 0. The van der Waals surface area contributed by atoms with Gasteiger partial charge < -0.3 is 5.11 Å². The van der Waals surface area contributed by atoms with Crippen LogP contribution in [-0.2, 0) is 0 Å². The summed E-state index contributed by atoms with van der Waals surface area (Å²) in [5.41, 5.74) is 0.